The summed E-state index contributed by atoms with van der Waals surface area (Å²) >= 11 is 0. The van der Waals surface area contributed by atoms with Crippen LogP contribution in [-0.2, 0) is 4.74 Å². The summed E-state index contributed by atoms with van der Waals surface area (Å²) in [6.45, 7) is 4.41. The van der Waals surface area contributed by atoms with Crippen LogP contribution in [0.3, 0.4) is 0 Å². The molecular formula is C26H27N7O3. The van der Waals surface area contributed by atoms with Crippen LogP contribution < -0.4 is 15.4 Å². The SMILES string of the molecule is O=C(c1cc2cc(Nc3nccc(-c4cc(O[C@H]5CCOC5)ccn4)n3)ccc2[nH]1)N1CCNCC1. The lowest BCUT2D eigenvalue weighted by atomic mass is 10.2. The molecule has 4 aromatic rings. The van der Waals surface area contributed by atoms with Gasteiger partial charge in [0.2, 0.25) is 5.95 Å². The molecule has 1 aromatic carbocycles. The topological polar surface area (TPSA) is 117 Å². The summed E-state index contributed by atoms with van der Waals surface area (Å²) in [4.78, 5) is 31.4. The van der Waals surface area contributed by atoms with E-state index in [1.807, 2.05) is 47.4 Å². The average Bonchev–Trinajstić information content (AvgIpc) is 3.59. The third-order valence-corrected chi connectivity index (χ3v) is 6.35. The van der Waals surface area contributed by atoms with Crippen molar-refractivity contribution in [2.45, 2.75) is 12.5 Å². The lowest BCUT2D eigenvalue weighted by molar-refractivity contribution is 0.0731. The van der Waals surface area contributed by atoms with E-state index in [1.165, 1.54) is 0 Å². The zero-order chi connectivity index (χ0) is 24.3. The monoisotopic (exact) mass is 485 g/mol. The minimum atomic E-state index is 0.0254. The third kappa shape index (κ3) is 4.86. The highest BCUT2D eigenvalue weighted by Gasteiger charge is 2.20. The van der Waals surface area contributed by atoms with Gasteiger partial charge in [-0.1, -0.05) is 0 Å². The van der Waals surface area contributed by atoms with Crippen LogP contribution in [0.5, 0.6) is 5.75 Å². The van der Waals surface area contributed by atoms with Crippen molar-refractivity contribution in [3.8, 4) is 17.1 Å². The van der Waals surface area contributed by atoms with E-state index in [4.69, 9.17) is 9.47 Å². The van der Waals surface area contributed by atoms with Crippen molar-refractivity contribution in [3.63, 3.8) is 0 Å². The number of rotatable bonds is 6. The number of amides is 1. The minimum absolute atomic E-state index is 0.0254. The largest absolute Gasteiger partial charge is 0.488 e. The van der Waals surface area contributed by atoms with Crippen molar-refractivity contribution < 1.29 is 14.3 Å². The Balaban J connectivity index is 1.18. The maximum Gasteiger partial charge on any atom is 0.270 e. The van der Waals surface area contributed by atoms with Crippen LogP contribution in [0.1, 0.15) is 16.9 Å². The number of H-pyrrole nitrogens is 1. The Bertz CT molecular complexity index is 1380. The molecule has 10 nitrogen and oxygen atoms in total. The molecule has 2 fully saturated rings. The summed E-state index contributed by atoms with van der Waals surface area (Å²) in [5.41, 5.74) is 3.72. The Morgan fingerprint density at radius 2 is 1.94 bits per heavy atom. The van der Waals surface area contributed by atoms with Gasteiger partial charge in [0.1, 0.15) is 17.5 Å². The van der Waals surface area contributed by atoms with Gasteiger partial charge in [0.05, 0.1) is 24.6 Å². The van der Waals surface area contributed by atoms with E-state index < -0.39 is 0 Å². The van der Waals surface area contributed by atoms with Crippen LogP contribution in [0.2, 0.25) is 0 Å². The van der Waals surface area contributed by atoms with Gasteiger partial charge in [-0.3, -0.25) is 9.78 Å². The Hall–Kier alpha value is -4.02. The molecule has 0 bridgehead atoms. The summed E-state index contributed by atoms with van der Waals surface area (Å²) < 4.78 is 11.4. The number of fused-ring (bicyclic) bond motifs is 1. The molecule has 2 aliphatic rings. The molecule has 5 heterocycles. The van der Waals surface area contributed by atoms with E-state index in [0.29, 0.717) is 42.7 Å². The highest BCUT2D eigenvalue weighted by Crippen LogP contribution is 2.25. The van der Waals surface area contributed by atoms with E-state index in [9.17, 15) is 4.79 Å². The quantitative estimate of drug-likeness (QED) is 0.382. The van der Waals surface area contributed by atoms with Gasteiger partial charge in [-0.15, -0.1) is 0 Å². The number of nitrogens with zero attached hydrogens (tertiary/aromatic N) is 4. The lowest BCUT2D eigenvalue weighted by Crippen LogP contribution is -2.46. The van der Waals surface area contributed by atoms with Crippen LogP contribution in [0.4, 0.5) is 11.6 Å². The fourth-order valence-corrected chi connectivity index (χ4v) is 4.48. The van der Waals surface area contributed by atoms with Gasteiger partial charge in [0.25, 0.3) is 5.91 Å². The van der Waals surface area contributed by atoms with Gasteiger partial charge in [-0.2, -0.15) is 0 Å². The number of hydrogen-bond acceptors (Lipinski definition) is 8. The number of aromatic amines is 1. The Labute approximate surface area is 208 Å². The fourth-order valence-electron chi connectivity index (χ4n) is 4.48. The molecule has 6 rings (SSSR count). The zero-order valence-corrected chi connectivity index (χ0v) is 19.7. The summed E-state index contributed by atoms with van der Waals surface area (Å²) in [6.07, 6.45) is 4.37. The Morgan fingerprint density at radius 1 is 1.06 bits per heavy atom. The summed E-state index contributed by atoms with van der Waals surface area (Å²) in [7, 11) is 0. The number of aromatic nitrogens is 4. The van der Waals surface area contributed by atoms with Crippen LogP contribution in [0.25, 0.3) is 22.3 Å². The highest BCUT2D eigenvalue weighted by atomic mass is 16.5. The molecule has 184 valence electrons. The van der Waals surface area contributed by atoms with Gasteiger partial charge in [0.15, 0.2) is 0 Å². The molecule has 0 spiro atoms. The second-order valence-electron chi connectivity index (χ2n) is 8.90. The highest BCUT2D eigenvalue weighted by molar-refractivity contribution is 5.98. The van der Waals surface area contributed by atoms with Crippen LogP contribution >= 0.6 is 0 Å². The molecule has 0 radical (unpaired) electrons. The number of anilines is 2. The van der Waals surface area contributed by atoms with E-state index >= 15 is 0 Å². The number of nitrogens with one attached hydrogen (secondary N) is 3. The van der Waals surface area contributed by atoms with Crippen molar-refractivity contribution >= 4 is 28.4 Å². The maximum atomic E-state index is 12.8. The predicted molar refractivity (Wildman–Crippen MR) is 135 cm³/mol. The number of carbonyl (C=O) groups excluding carboxylic acids is 1. The molecule has 3 N–H and O–H groups in total. The molecule has 0 saturated carbocycles. The number of carbonyl (C=O) groups is 1. The van der Waals surface area contributed by atoms with E-state index in [1.54, 1.807) is 12.4 Å². The van der Waals surface area contributed by atoms with Gasteiger partial charge < -0.3 is 30.0 Å². The molecule has 10 heteroatoms. The van der Waals surface area contributed by atoms with Gasteiger partial charge in [-0.25, -0.2) is 9.97 Å². The molecule has 0 aliphatic carbocycles. The molecule has 36 heavy (non-hydrogen) atoms. The normalized spacial score (nSPS) is 17.9. The number of hydrogen-bond donors (Lipinski definition) is 3. The fraction of sp³-hybridized carbons (Fsp3) is 0.308. The van der Waals surface area contributed by atoms with Gasteiger partial charge in [0, 0.05) is 67.7 Å². The molecule has 3 aromatic heterocycles. The van der Waals surface area contributed by atoms with E-state index in [-0.39, 0.29) is 12.0 Å². The van der Waals surface area contributed by atoms with Crippen LogP contribution in [-0.4, -0.2) is 76.2 Å². The number of ether oxygens (including phenoxy) is 2. The smallest absolute Gasteiger partial charge is 0.270 e. The molecule has 1 atom stereocenters. The third-order valence-electron chi connectivity index (χ3n) is 6.35. The molecule has 2 aliphatic heterocycles. The zero-order valence-electron chi connectivity index (χ0n) is 19.7. The van der Waals surface area contributed by atoms with Crippen molar-refractivity contribution in [3.05, 3.63) is 60.6 Å². The number of pyridine rings is 1. The number of benzene rings is 1. The van der Waals surface area contributed by atoms with Crippen molar-refractivity contribution in [2.75, 3.05) is 44.7 Å². The first-order chi connectivity index (χ1) is 17.7. The average molecular weight is 486 g/mol. The van der Waals surface area contributed by atoms with E-state index in [2.05, 4.69) is 30.6 Å². The first kappa shape index (κ1) is 22.4. The van der Waals surface area contributed by atoms with Gasteiger partial charge >= 0.3 is 0 Å². The van der Waals surface area contributed by atoms with Crippen molar-refractivity contribution in [2.24, 2.45) is 0 Å². The summed E-state index contributed by atoms with van der Waals surface area (Å²) in [5, 5.41) is 7.48. The first-order valence-electron chi connectivity index (χ1n) is 12.1. The molecule has 1 amide bonds. The second kappa shape index (κ2) is 9.92. The Kier molecular flexibility index (Phi) is 6.18. The van der Waals surface area contributed by atoms with Crippen molar-refractivity contribution in [1.82, 2.24) is 30.2 Å². The van der Waals surface area contributed by atoms with Crippen LogP contribution in [0, 0.1) is 0 Å². The standard InChI is InChI=1S/C26H27N7O3/c34-25(33-10-8-27-9-11-33)24-14-17-13-18(1-2-21(17)31-24)30-26-29-7-4-22(32-26)23-15-19(3-6-28-23)36-20-5-12-35-16-20/h1-4,6-7,13-15,20,27,31H,5,8-12,16H2,(H,29,30,32)/t20-/m0/s1. The lowest BCUT2D eigenvalue weighted by Gasteiger charge is -2.26. The van der Waals surface area contributed by atoms with Gasteiger partial charge in [-0.05, 0) is 36.4 Å². The van der Waals surface area contributed by atoms with Crippen LogP contribution in [0.15, 0.2) is 54.9 Å². The minimum Gasteiger partial charge on any atom is -0.488 e. The maximum absolute atomic E-state index is 12.8. The molecule has 2 saturated heterocycles. The van der Waals surface area contributed by atoms with Crippen molar-refractivity contribution in [1.29, 1.82) is 0 Å². The van der Waals surface area contributed by atoms with E-state index in [0.717, 1.165) is 48.5 Å². The molecule has 0 unspecified atom stereocenters. The summed E-state index contributed by atoms with van der Waals surface area (Å²) in [5.74, 6) is 1.22. The summed E-state index contributed by atoms with van der Waals surface area (Å²) in [6, 6.07) is 13.3. The Morgan fingerprint density at radius 3 is 2.81 bits per heavy atom. The molecular weight excluding hydrogens is 458 g/mol. The second-order valence-corrected chi connectivity index (χ2v) is 8.90. The predicted octanol–water partition coefficient (Wildman–Crippen LogP) is 2.98. The first-order valence-corrected chi connectivity index (χ1v) is 12.1. The number of piperazine rings is 1.